The van der Waals surface area contributed by atoms with E-state index >= 15 is 0 Å². The summed E-state index contributed by atoms with van der Waals surface area (Å²) < 4.78 is 33.9. The summed E-state index contributed by atoms with van der Waals surface area (Å²) in [6, 6.07) is 10.7. The maximum Gasteiger partial charge on any atom is 0.226 e. The molecule has 26 heavy (non-hydrogen) atoms. The van der Waals surface area contributed by atoms with Crippen molar-refractivity contribution in [3.8, 4) is 11.4 Å². The molecule has 0 saturated carbocycles. The zero-order chi connectivity index (χ0) is 18.3. The second-order valence-electron chi connectivity index (χ2n) is 6.04. The number of ether oxygens (including phenoxy) is 1. The number of methoxy groups -OCH3 is 1. The van der Waals surface area contributed by atoms with Crippen LogP contribution in [-0.2, 0) is 4.79 Å². The number of benzene rings is 2. The van der Waals surface area contributed by atoms with Crippen LogP contribution in [0.25, 0.3) is 5.69 Å². The number of anilines is 1. The third kappa shape index (κ3) is 2.71. The number of rotatable bonds is 3. The molecule has 0 saturated heterocycles. The summed E-state index contributed by atoms with van der Waals surface area (Å²) in [6.07, 6.45) is 1.85. The number of nitrogens with one attached hydrogen (secondary N) is 1. The molecule has 3 aromatic rings. The van der Waals surface area contributed by atoms with Crippen molar-refractivity contribution < 1.29 is 18.3 Å². The molecule has 4 rings (SSSR count). The van der Waals surface area contributed by atoms with E-state index in [1.165, 1.54) is 10.7 Å². The lowest BCUT2D eigenvalue weighted by molar-refractivity contribution is -0.116. The van der Waals surface area contributed by atoms with Gasteiger partial charge in [0.2, 0.25) is 5.91 Å². The number of amides is 1. The number of carbonyl (C=O) groups excluding carboxylic acids is 1. The molecular weight excluding hydrogens is 340 g/mol. The van der Waals surface area contributed by atoms with Crippen molar-refractivity contribution in [2.75, 3.05) is 12.4 Å². The maximum atomic E-state index is 14.2. The lowest BCUT2D eigenvalue weighted by atomic mass is 9.87. The lowest BCUT2D eigenvalue weighted by Crippen LogP contribution is -2.24. The highest BCUT2D eigenvalue weighted by Gasteiger charge is 2.31. The monoisotopic (exact) mass is 355 g/mol. The minimum atomic E-state index is -0.756. The van der Waals surface area contributed by atoms with Crippen LogP contribution in [-0.4, -0.2) is 22.8 Å². The highest BCUT2D eigenvalue weighted by Crippen LogP contribution is 2.39. The molecule has 2 heterocycles. The van der Waals surface area contributed by atoms with Crippen LogP contribution in [0.2, 0.25) is 0 Å². The van der Waals surface area contributed by atoms with Crippen molar-refractivity contribution in [1.82, 2.24) is 9.78 Å². The molecule has 1 aromatic heterocycles. The number of carbonyl (C=O) groups is 1. The summed E-state index contributed by atoms with van der Waals surface area (Å²) in [4.78, 5) is 12.2. The molecule has 0 spiro atoms. The Morgan fingerprint density at radius 2 is 2.08 bits per heavy atom. The summed E-state index contributed by atoms with van der Waals surface area (Å²) >= 11 is 0. The number of halogens is 2. The van der Waals surface area contributed by atoms with Gasteiger partial charge >= 0.3 is 0 Å². The molecule has 1 aliphatic heterocycles. The fraction of sp³-hybridized carbons (Fsp3) is 0.158. The van der Waals surface area contributed by atoms with Crippen molar-refractivity contribution in [1.29, 1.82) is 0 Å². The van der Waals surface area contributed by atoms with Crippen molar-refractivity contribution in [3.05, 3.63) is 71.4 Å². The zero-order valence-electron chi connectivity index (χ0n) is 13.9. The molecular formula is C19H15F2N3O2. The number of aromatic nitrogens is 2. The van der Waals surface area contributed by atoms with Gasteiger partial charge < -0.3 is 10.1 Å². The van der Waals surface area contributed by atoms with Crippen LogP contribution in [0.15, 0.2) is 48.7 Å². The lowest BCUT2D eigenvalue weighted by Gasteiger charge is -2.24. The molecule has 0 bridgehead atoms. The molecule has 7 heteroatoms. The molecule has 0 fully saturated rings. The number of hydrogen-bond donors (Lipinski definition) is 1. The third-order valence-electron chi connectivity index (χ3n) is 4.45. The summed E-state index contributed by atoms with van der Waals surface area (Å²) in [6.45, 7) is 0. The van der Waals surface area contributed by atoms with Crippen molar-refractivity contribution in [2.45, 2.75) is 12.3 Å². The largest absolute Gasteiger partial charge is 0.497 e. The zero-order valence-corrected chi connectivity index (χ0v) is 13.9. The van der Waals surface area contributed by atoms with Gasteiger partial charge in [0.15, 0.2) is 5.82 Å². The van der Waals surface area contributed by atoms with Crippen LogP contribution in [0.1, 0.15) is 23.5 Å². The molecule has 1 unspecified atom stereocenters. The Kier molecular flexibility index (Phi) is 3.91. The summed E-state index contributed by atoms with van der Waals surface area (Å²) in [5.41, 5.74) is 1.74. The summed E-state index contributed by atoms with van der Waals surface area (Å²) in [5.74, 6) is -0.786. The van der Waals surface area contributed by atoms with Crippen LogP contribution in [0, 0.1) is 11.6 Å². The van der Waals surface area contributed by atoms with Crippen LogP contribution in [0.4, 0.5) is 14.6 Å². The smallest absolute Gasteiger partial charge is 0.226 e. The van der Waals surface area contributed by atoms with Gasteiger partial charge in [-0.2, -0.15) is 5.10 Å². The average molecular weight is 355 g/mol. The van der Waals surface area contributed by atoms with E-state index in [0.717, 1.165) is 23.3 Å². The maximum absolute atomic E-state index is 14.2. The molecule has 1 N–H and O–H groups in total. The van der Waals surface area contributed by atoms with Gasteiger partial charge in [0.05, 0.1) is 13.3 Å². The molecule has 1 atom stereocenters. The minimum Gasteiger partial charge on any atom is -0.497 e. The SMILES string of the molecule is COc1cccc(C2CC(=O)Nc3c2cnn3-c2ccc(F)cc2F)c1. The first-order valence-electron chi connectivity index (χ1n) is 8.04. The minimum absolute atomic E-state index is 0.0687. The second kappa shape index (κ2) is 6.25. The van der Waals surface area contributed by atoms with Gasteiger partial charge in [-0.1, -0.05) is 12.1 Å². The second-order valence-corrected chi connectivity index (χ2v) is 6.04. The molecule has 1 aliphatic rings. The van der Waals surface area contributed by atoms with E-state index in [1.54, 1.807) is 13.3 Å². The van der Waals surface area contributed by atoms with E-state index < -0.39 is 11.6 Å². The van der Waals surface area contributed by atoms with Crippen molar-refractivity contribution in [2.24, 2.45) is 0 Å². The van der Waals surface area contributed by atoms with Crippen LogP contribution < -0.4 is 10.1 Å². The third-order valence-corrected chi connectivity index (χ3v) is 4.45. The topological polar surface area (TPSA) is 56.1 Å². The Hall–Kier alpha value is -3.22. The summed E-state index contributed by atoms with van der Waals surface area (Å²) in [5, 5.41) is 6.97. The fourth-order valence-electron chi connectivity index (χ4n) is 3.21. The van der Waals surface area contributed by atoms with Gasteiger partial charge in [-0.3, -0.25) is 4.79 Å². The van der Waals surface area contributed by atoms with E-state index in [1.807, 2.05) is 24.3 Å². The number of hydrogen-bond acceptors (Lipinski definition) is 3. The first-order chi connectivity index (χ1) is 12.6. The van der Waals surface area contributed by atoms with Gasteiger partial charge in [-0.25, -0.2) is 13.5 Å². The highest BCUT2D eigenvalue weighted by atomic mass is 19.1. The number of nitrogens with zero attached hydrogens (tertiary/aromatic N) is 2. The first kappa shape index (κ1) is 16.3. The van der Waals surface area contributed by atoms with Crippen LogP contribution in [0.3, 0.4) is 0 Å². The molecule has 132 valence electrons. The molecule has 0 aliphatic carbocycles. The Morgan fingerprint density at radius 1 is 1.23 bits per heavy atom. The standard InChI is InChI=1S/C19H15F2N3O2/c1-26-13-4-2-3-11(7-13)14-9-18(25)23-19-15(14)10-22-24(19)17-6-5-12(20)8-16(17)21/h2-8,10,14H,9H2,1H3,(H,23,25). The van der Waals surface area contributed by atoms with Gasteiger partial charge in [-0.05, 0) is 29.8 Å². The quantitative estimate of drug-likeness (QED) is 0.781. The van der Waals surface area contributed by atoms with Crippen molar-refractivity contribution in [3.63, 3.8) is 0 Å². The Morgan fingerprint density at radius 3 is 2.85 bits per heavy atom. The van der Waals surface area contributed by atoms with Gasteiger partial charge in [0.1, 0.15) is 23.1 Å². The average Bonchev–Trinajstić information content (AvgIpc) is 3.04. The van der Waals surface area contributed by atoms with E-state index in [2.05, 4.69) is 10.4 Å². The molecule has 2 aromatic carbocycles. The van der Waals surface area contributed by atoms with Crippen molar-refractivity contribution >= 4 is 11.7 Å². The molecule has 5 nitrogen and oxygen atoms in total. The molecule has 0 radical (unpaired) electrons. The fourth-order valence-corrected chi connectivity index (χ4v) is 3.21. The molecule has 1 amide bonds. The normalized spacial score (nSPS) is 16.1. The predicted molar refractivity (Wildman–Crippen MR) is 91.6 cm³/mol. The Balaban J connectivity index is 1.82. The Labute approximate surface area is 148 Å². The van der Waals surface area contributed by atoms with Gasteiger partial charge in [-0.15, -0.1) is 0 Å². The van der Waals surface area contributed by atoms with Gasteiger partial charge in [0, 0.05) is 24.0 Å². The highest BCUT2D eigenvalue weighted by molar-refractivity contribution is 5.94. The van der Waals surface area contributed by atoms with Gasteiger partial charge in [0.25, 0.3) is 0 Å². The Bertz CT molecular complexity index is 1000. The van der Waals surface area contributed by atoms with E-state index in [0.29, 0.717) is 11.6 Å². The van der Waals surface area contributed by atoms with E-state index in [4.69, 9.17) is 4.74 Å². The van der Waals surface area contributed by atoms with E-state index in [9.17, 15) is 13.6 Å². The number of fused-ring (bicyclic) bond motifs is 1. The van der Waals surface area contributed by atoms with Crippen LogP contribution in [0.5, 0.6) is 5.75 Å². The van der Waals surface area contributed by atoms with Crippen LogP contribution >= 0.6 is 0 Å². The summed E-state index contributed by atoms with van der Waals surface area (Å²) in [7, 11) is 1.58. The van der Waals surface area contributed by atoms with E-state index in [-0.39, 0.29) is 23.9 Å². The predicted octanol–water partition coefficient (Wildman–Crippen LogP) is 3.63. The first-order valence-corrected chi connectivity index (χ1v) is 8.04.